The SMILES string of the molecule is C=C.CC1Cc2ccc(CCN3CCC(C(C(N)=O)(c4ccccc4)c4ccccc4)C3)cc2C1. The van der Waals surface area contributed by atoms with Crippen LogP contribution in [-0.4, -0.2) is 30.4 Å². The Balaban J connectivity index is 0.00000141. The summed E-state index contributed by atoms with van der Waals surface area (Å²) in [6.07, 6.45) is 4.45. The quantitative estimate of drug-likeness (QED) is 0.464. The summed E-state index contributed by atoms with van der Waals surface area (Å²) in [7, 11) is 0. The highest BCUT2D eigenvalue weighted by atomic mass is 16.1. The van der Waals surface area contributed by atoms with Crippen LogP contribution >= 0.6 is 0 Å². The number of carbonyl (C=O) groups excluding carboxylic acids is 1. The molecule has 1 fully saturated rings. The number of nitrogens with two attached hydrogens (primary N) is 1. The standard InChI is InChI=1S/C30H34N2O.C2H4/c1-22-18-24-13-12-23(20-25(24)19-22)14-16-32-17-15-28(21-32)30(29(31)33,26-8-4-2-5-9-26)27-10-6-3-7-11-27;1-2/h2-13,20,22,28H,14-19,21H2,1H3,(H2,31,33);1-2H2. The van der Waals surface area contributed by atoms with Crippen LogP contribution in [0.2, 0.25) is 0 Å². The summed E-state index contributed by atoms with van der Waals surface area (Å²) >= 11 is 0. The number of primary amides is 1. The van der Waals surface area contributed by atoms with Crippen LogP contribution in [-0.2, 0) is 29.5 Å². The molecule has 0 bridgehead atoms. The van der Waals surface area contributed by atoms with E-state index in [9.17, 15) is 4.79 Å². The first kappa shape index (κ1) is 24.9. The van der Waals surface area contributed by atoms with Gasteiger partial charge in [-0.2, -0.15) is 0 Å². The summed E-state index contributed by atoms with van der Waals surface area (Å²) in [5, 5.41) is 0. The Morgan fingerprint density at radius 3 is 2.14 bits per heavy atom. The van der Waals surface area contributed by atoms with E-state index in [0.717, 1.165) is 49.5 Å². The van der Waals surface area contributed by atoms with E-state index in [0.29, 0.717) is 0 Å². The first-order valence-corrected chi connectivity index (χ1v) is 12.8. The second-order valence-corrected chi connectivity index (χ2v) is 10.1. The fourth-order valence-corrected chi connectivity index (χ4v) is 6.25. The van der Waals surface area contributed by atoms with Crippen LogP contribution in [0, 0.1) is 11.8 Å². The van der Waals surface area contributed by atoms with Crippen LogP contribution < -0.4 is 5.73 Å². The van der Waals surface area contributed by atoms with Gasteiger partial charge in [0.05, 0.1) is 0 Å². The number of fused-ring (bicyclic) bond motifs is 1. The van der Waals surface area contributed by atoms with Gasteiger partial charge in [0.2, 0.25) is 5.91 Å². The Morgan fingerprint density at radius 1 is 0.943 bits per heavy atom. The smallest absolute Gasteiger partial charge is 0.232 e. The normalized spacial score (nSPS) is 19.6. The maximum Gasteiger partial charge on any atom is 0.232 e. The maximum absolute atomic E-state index is 13.2. The van der Waals surface area contributed by atoms with E-state index in [4.69, 9.17) is 5.73 Å². The zero-order valence-corrected chi connectivity index (χ0v) is 21.0. The van der Waals surface area contributed by atoms with Crippen LogP contribution in [0.5, 0.6) is 0 Å². The van der Waals surface area contributed by atoms with Crippen molar-refractivity contribution in [2.75, 3.05) is 19.6 Å². The van der Waals surface area contributed by atoms with Gasteiger partial charge in [-0.25, -0.2) is 0 Å². The van der Waals surface area contributed by atoms with E-state index in [1.807, 2.05) is 36.4 Å². The van der Waals surface area contributed by atoms with E-state index >= 15 is 0 Å². The van der Waals surface area contributed by atoms with Crippen LogP contribution in [0.1, 0.15) is 41.2 Å². The molecule has 1 aliphatic carbocycles. The lowest BCUT2D eigenvalue weighted by Crippen LogP contribution is -2.49. The number of carbonyl (C=O) groups is 1. The third-order valence-corrected chi connectivity index (χ3v) is 7.86. The Bertz CT molecular complexity index is 1090. The maximum atomic E-state index is 13.2. The topological polar surface area (TPSA) is 46.3 Å². The van der Waals surface area contributed by atoms with Crippen molar-refractivity contribution in [3.63, 3.8) is 0 Å². The van der Waals surface area contributed by atoms with E-state index in [1.54, 1.807) is 5.56 Å². The highest BCUT2D eigenvalue weighted by Crippen LogP contribution is 2.43. The minimum absolute atomic E-state index is 0.153. The van der Waals surface area contributed by atoms with Gasteiger partial charge in [0, 0.05) is 13.1 Å². The highest BCUT2D eigenvalue weighted by Gasteiger charge is 2.49. The lowest BCUT2D eigenvalue weighted by molar-refractivity contribution is -0.123. The Kier molecular flexibility index (Phi) is 7.87. The predicted octanol–water partition coefficient (Wildman–Crippen LogP) is 5.56. The molecule has 2 atom stereocenters. The molecule has 1 aliphatic heterocycles. The third kappa shape index (κ3) is 4.97. The number of hydrogen-bond donors (Lipinski definition) is 1. The molecule has 35 heavy (non-hydrogen) atoms. The highest BCUT2D eigenvalue weighted by molar-refractivity contribution is 5.91. The van der Waals surface area contributed by atoms with Gasteiger partial charge >= 0.3 is 0 Å². The van der Waals surface area contributed by atoms with Gasteiger partial charge in [-0.3, -0.25) is 4.79 Å². The van der Waals surface area contributed by atoms with E-state index in [2.05, 4.69) is 67.4 Å². The average Bonchev–Trinajstić information content (AvgIpc) is 3.51. The summed E-state index contributed by atoms with van der Waals surface area (Å²) in [5.41, 5.74) is 11.9. The lowest BCUT2D eigenvalue weighted by atomic mass is 9.64. The molecule has 3 aromatic carbocycles. The molecule has 3 aromatic rings. The van der Waals surface area contributed by atoms with Crippen LogP contribution in [0.3, 0.4) is 0 Å². The summed E-state index contributed by atoms with van der Waals surface area (Å²) in [6, 6.07) is 27.4. The molecule has 2 aliphatic rings. The van der Waals surface area contributed by atoms with E-state index < -0.39 is 5.41 Å². The van der Waals surface area contributed by atoms with Gasteiger partial charge < -0.3 is 10.6 Å². The molecule has 1 heterocycles. The monoisotopic (exact) mass is 466 g/mol. The number of hydrogen-bond acceptors (Lipinski definition) is 2. The van der Waals surface area contributed by atoms with Crippen molar-refractivity contribution in [3.8, 4) is 0 Å². The van der Waals surface area contributed by atoms with Crippen LogP contribution in [0.15, 0.2) is 92.0 Å². The lowest BCUT2D eigenvalue weighted by Gasteiger charge is -2.37. The molecule has 3 heteroatoms. The average molecular weight is 467 g/mol. The molecular weight excluding hydrogens is 428 g/mol. The van der Waals surface area contributed by atoms with Crippen molar-refractivity contribution in [1.82, 2.24) is 4.90 Å². The van der Waals surface area contributed by atoms with Gasteiger partial charge in [-0.1, -0.05) is 85.8 Å². The minimum Gasteiger partial charge on any atom is -0.369 e. The van der Waals surface area contributed by atoms with Gasteiger partial charge in [0.1, 0.15) is 5.41 Å². The van der Waals surface area contributed by atoms with Crippen molar-refractivity contribution in [2.24, 2.45) is 17.6 Å². The molecule has 3 nitrogen and oxygen atoms in total. The van der Waals surface area contributed by atoms with Crippen molar-refractivity contribution in [2.45, 2.75) is 38.0 Å². The number of rotatable bonds is 7. The second-order valence-electron chi connectivity index (χ2n) is 10.1. The minimum atomic E-state index is -0.805. The van der Waals surface area contributed by atoms with Gasteiger partial charge in [-0.05, 0) is 71.9 Å². The summed E-state index contributed by atoms with van der Waals surface area (Å²) in [5.74, 6) is 0.674. The van der Waals surface area contributed by atoms with Gasteiger partial charge in [0.25, 0.3) is 0 Å². The molecule has 2 unspecified atom stereocenters. The molecule has 0 spiro atoms. The third-order valence-electron chi connectivity index (χ3n) is 7.86. The molecule has 2 N–H and O–H groups in total. The summed E-state index contributed by atoms with van der Waals surface area (Å²) in [4.78, 5) is 15.8. The van der Waals surface area contributed by atoms with Crippen LogP contribution in [0.25, 0.3) is 0 Å². The molecular formula is C32H38N2O. The number of amides is 1. The molecule has 1 amide bonds. The van der Waals surface area contributed by atoms with Gasteiger partial charge in [0.15, 0.2) is 0 Å². The van der Waals surface area contributed by atoms with E-state index in [1.165, 1.54) is 24.0 Å². The Morgan fingerprint density at radius 2 is 1.54 bits per heavy atom. The van der Waals surface area contributed by atoms with Crippen molar-refractivity contribution < 1.29 is 4.79 Å². The fourth-order valence-electron chi connectivity index (χ4n) is 6.25. The number of benzene rings is 3. The largest absolute Gasteiger partial charge is 0.369 e. The predicted molar refractivity (Wildman–Crippen MR) is 145 cm³/mol. The molecule has 0 saturated carbocycles. The Labute approximate surface area is 210 Å². The van der Waals surface area contributed by atoms with Crippen molar-refractivity contribution in [1.29, 1.82) is 0 Å². The first-order chi connectivity index (χ1) is 17.1. The van der Waals surface area contributed by atoms with E-state index in [-0.39, 0.29) is 11.8 Å². The fraction of sp³-hybridized carbons (Fsp3) is 0.344. The van der Waals surface area contributed by atoms with Gasteiger partial charge in [-0.15, -0.1) is 13.2 Å². The second kappa shape index (κ2) is 11.0. The summed E-state index contributed by atoms with van der Waals surface area (Å²) in [6.45, 7) is 11.2. The molecule has 0 radical (unpaired) electrons. The van der Waals surface area contributed by atoms with Crippen molar-refractivity contribution in [3.05, 3.63) is 120 Å². The Hall–Kier alpha value is -3.17. The zero-order chi connectivity index (χ0) is 24.8. The molecule has 182 valence electrons. The van der Waals surface area contributed by atoms with Crippen molar-refractivity contribution >= 4 is 5.91 Å². The first-order valence-electron chi connectivity index (χ1n) is 12.8. The van der Waals surface area contributed by atoms with Crippen LogP contribution in [0.4, 0.5) is 0 Å². The zero-order valence-electron chi connectivity index (χ0n) is 21.0. The molecule has 1 saturated heterocycles. The number of likely N-dealkylation sites (tertiary alicyclic amines) is 1. The number of nitrogens with zero attached hydrogens (tertiary/aromatic N) is 1. The molecule has 5 rings (SSSR count). The summed E-state index contributed by atoms with van der Waals surface area (Å²) < 4.78 is 0. The molecule has 0 aromatic heterocycles.